The van der Waals surface area contributed by atoms with Crippen LogP contribution < -0.4 is 5.32 Å². The monoisotopic (exact) mass is 272 g/mol. The fourth-order valence-electron chi connectivity index (χ4n) is 1.48. The molecule has 6 heteroatoms. The maximum absolute atomic E-state index is 12.4. The molecule has 0 saturated carbocycles. The summed E-state index contributed by atoms with van der Waals surface area (Å²) < 4.78 is 37.2. The Morgan fingerprint density at radius 3 is 2.44 bits per heavy atom. The van der Waals surface area contributed by atoms with Gasteiger partial charge in [0.05, 0.1) is 12.2 Å². The highest BCUT2D eigenvalue weighted by Gasteiger charge is 2.33. The normalized spacial score (nSPS) is 13.3. The van der Waals surface area contributed by atoms with E-state index in [1.165, 1.54) is 0 Å². The van der Waals surface area contributed by atoms with Crippen molar-refractivity contribution in [3.63, 3.8) is 0 Å². The van der Waals surface area contributed by atoms with Gasteiger partial charge in [-0.15, -0.1) is 0 Å². The molecule has 2 nitrogen and oxygen atoms in total. The largest absolute Gasteiger partial charge is 0.427 e. The van der Waals surface area contributed by atoms with Crippen LogP contribution >= 0.6 is 11.3 Å². The van der Waals surface area contributed by atoms with E-state index in [0.717, 1.165) is 11.8 Å². The minimum absolute atomic E-state index is 0.0848. The lowest BCUT2D eigenvalue weighted by Gasteiger charge is -2.12. The summed E-state index contributed by atoms with van der Waals surface area (Å²) in [5.74, 6) is 0. The molecular weight excluding hydrogens is 261 g/mol. The number of aromatic nitrogens is 1. The standard InChI is InChI=1S/C12H11F3N2S/c1-8(9-5-3-2-4-6-9)17-11-16-7-10(18-11)12(13,14)15/h2-8H,1H3,(H,16,17). The molecule has 0 aliphatic heterocycles. The zero-order valence-corrected chi connectivity index (χ0v) is 10.3. The predicted molar refractivity (Wildman–Crippen MR) is 65.6 cm³/mol. The molecule has 0 aliphatic carbocycles. The quantitative estimate of drug-likeness (QED) is 0.899. The average Bonchev–Trinajstić information content (AvgIpc) is 2.78. The molecule has 0 fully saturated rings. The summed E-state index contributed by atoms with van der Waals surface area (Å²) in [6.45, 7) is 1.88. The van der Waals surface area contributed by atoms with E-state index in [0.29, 0.717) is 11.3 Å². The molecule has 0 saturated heterocycles. The molecule has 96 valence electrons. The molecule has 1 aromatic carbocycles. The van der Waals surface area contributed by atoms with E-state index < -0.39 is 11.1 Å². The van der Waals surface area contributed by atoms with Crippen LogP contribution in [0, 0.1) is 0 Å². The van der Waals surface area contributed by atoms with Crippen molar-refractivity contribution in [2.75, 3.05) is 5.32 Å². The van der Waals surface area contributed by atoms with Gasteiger partial charge in [0.2, 0.25) is 0 Å². The van der Waals surface area contributed by atoms with E-state index in [1.807, 2.05) is 37.3 Å². The van der Waals surface area contributed by atoms with Crippen molar-refractivity contribution in [2.45, 2.75) is 19.1 Å². The molecule has 0 bridgehead atoms. The zero-order valence-electron chi connectivity index (χ0n) is 9.53. The number of halogens is 3. The van der Waals surface area contributed by atoms with Gasteiger partial charge < -0.3 is 5.32 Å². The van der Waals surface area contributed by atoms with Gasteiger partial charge in [0.1, 0.15) is 4.88 Å². The van der Waals surface area contributed by atoms with Crippen molar-refractivity contribution in [3.05, 3.63) is 47.0 Å². The second-order valence-electron chi connectivity index (χ2n) is 3.80. The lowest BCUT2D eigenvalue weighted by Crippen LogP contribution is -2.05. The first-order chi connectivity index (χ1) is 8.47. The van der Waals surface area contributed by atoms with Crippen molar-refractivity contribution in [1.82, 2.24) is 4.98 Å². The van der Waals surface area contributed by atoms with Gasteiger partial charge in [-0.1, -0.05) is 41.7 Å². The number of anilines is 1. The summed E-state index contributed by atoms with van der Waals surface area (Å²) in [6, 6.07) is 9.40. The van der Waals surface area contributed by atoms with Crippen LogP contribution in [0.25, 0.3) is 0 Å². The summed E-state index contributed by atoms with van der Waals surface area (Å²) in [6.07, 6.45) is -3.47. The van der Waals surface area contributed by atoms with E-state index in [-0.39, 0.29) is 11.2 Å². The highest BCUT2D eigenvalue weighted by molar-refractivity contribution is 7.15. The first kappa shape index (κ1) is 12.9. The van der Waals surface area contributed by atoms with Crippen molar-refractivity contribution < 1.29 is 13.2 Å². The van der Waals surface area contributed by atoms with E-state index in [1.54, 1.807) is 0 Å². The Kier molecular flexibility index (Phi) is 3.56. The van der Waals surface area contributed by atoms with E-state index in [2.05, 4.69) is 10.3 Å². The Morgan fingerprint density at radius 2 is 1.89 bits per heavy atom. The van der Waals surface area contributed by atoms with Crippen LogP contribution in [0.5, 0.6) is 0 Å². The Labute approximate surface area is 106 Å². The van der Waals surface area contributed by atoms with Crippen LogP contribution in [0.1, 0.15) is 23.4 Å². The Morgan fingerprint density at radius 1 is 1.22 bits per heavy atom. The summed E-state index contributed by atoms with van der Waals surface area (Å²) >= 11 is 0.616. The van der Waals surface area contributed by atoms with E-state index >= 15 is 0 Å². The predicted octanol–water partition coefficient (Wildman–Crippen LogP) is 4.34. The highest BCUT2D eigenvalue weighted by atomic mass is 32.1. The van der Waals surface area contributed by atoms with Gasteiger partial charge in [0.15, 0.2) is 5.13 Å². The van der Waals surface area contributed by atoms with E-state index in [9.17, 15) is 13.2 Å². The van der Waals surface area contributed by atoms with Gasteiger partial charge in [0.25, 0.3) is 0 Å². The molecule has 2 rings (SSSR count). The SMILES string of the molecule is CC(Nc1ncc(C(F)(F)F)s1)c1ccccc1. The van der Waals surface area contributed by atoms with Gasteiger partial charge in [-0.25, -0.2) is 4.98 Å². The molecule has 1 aromatic heterocycles. The van der Waals surface area contributed by atoms with E-state index in [4.69, 9.17) is 0 Å². The molecule has 18 heavy (non-hydrogen) atoms. The molecule has 0 amide bonds. The summed E-state index contributed by atoms with van der Waals surface area (Å²) in [5, 5.41) is 3.23. The molecular formula is C12H11F3N2S. The van der Waals surface area contributed by atoms with Crippen LogP contribution in [0.15, 0.2) is 36.5 Å². The second kappa shape index (κ2) is 4.97. The Balaban J connectivity index is 2.08. The van der Waals surface area contributed by atoms with Crippen LogP contribution in [-0.2, 0) is 6.18 Å². The zero-order chi connectivity index (χ0) is 13.2. The van der Waals surface area contributed by atoms with Gasteiger partial charge in [-0.3, -0.25) is 0 Å². The third-order valence-corrected chi connectivity index (χ3v) is 3.40. The Hall–Kier alpha value is -1.56. The maximum Gasteiger partial charge on any atom is 0.427 e. The van der Waals surface area contributed by atoms with Gasteiger partial charge in [-0.05, 0) is 12.5 Å². The lowest BCUT2D eigenvalue weighted by atomic mass is 10.1. The van der Waals surface area contributed by atoms with Gasteiger partial charge in [0, 0.05) is 0 Å². The molecule has 1 atom stereocenters. The number of benzene rings is 1. The fourth-order valence-corrected chi connectivity index (χ4v) is 2.25. The molecule has 0 spiro atoms. The van der Waals surface area contributed by atoms with Crippen molar-refractivity contribution in [3.8, 4) is 0 Å². The second-order valence-corrected chi connectivity index (χ2v) is 4.83. The molecule has 2 aromatic rings. The first-order valence-electron chi connectivity index (χ1n) is 5.31. The number of hydrogen-bond acceptors (Lipinski definition) is 3. The molecule has 1 heterocycles. The third-order valence-electron chi connectivity index (χ3n) is 2.42. The Bertz CT molecular complexity index is 508. The number of nitrogens with zero attached hydrogens (tertiary/aromatic N) is 1. The fraction of sp³-hybridized carbons (Fsp3) is 0.250. The molecule has 1 unspecified atom stereocenters. The number of alkyl halides is 3. The summed E-state index contributed by atoms with van der Waals surface area (Å²) in [4.78, 5) is 3.05. The first-order valence-corrected chi connectivity index (χ1v) is 6.13. The number of hydrogen-bond donors (Lipinski definition) is 1. The molecule has 0 aliphatic rings. The summed E-state index contributed by atoms with van der Waals surface area (Å²) in [7, 11) is 0. The number of rotatable bonds is 3. The third kappa shape index (κ3) is 3.01. The molecule has 0 radical (unpaired) electrons. The topological polar surface area (TPSA) is 24.9 Å². The number of thiazole rings is 1. The van der Waals surface area contributed by atoms with Crippen LogP contribution in [0.2, 0.25) is 0 Å². The minimum Gasteiger partial charge on any atom is -0.355 e. The smallest absolute Gasteiger partial charge is 0.355 e. The van der Waals surface area contributed by atoms with Crippen molar-refractivity contribution >= 4 is 16.5 Å². The summed E-state index contributed by atoms with van der Waals surface area (Å²) in [5.41, 5.74) is 1.00. The van der Waals surface area contributed by atoms with Crippen molar-refractivity contribution in [1.29, 1.82) is 0 Å². The van der Waals surface area contributed by atoms with Gasteiger partial charge >= 0.3 is 6.18 Å². The average molecular weight is 272 g/mol. The molecule has 1 N–H and O–H groups in total. The highest BCUT2D eigenvalue weighted by Crippen LogP contribution is 2.35. The maximum atomic E-state index is 12.4. The minimum atomic E-state index is -4.33. The lowest BCUT2D eigenvalue weighted by molar-refractivity contribution is -0.134. The van der Waals surface area contributed by atoms with Crippen LogP contribution in [0.3, 0.4) is 0 Å². The van der Waals surface area contributed by atoms with Gasteiger partial charge in [-0.2, -0.15) is 13.2 Å². The van der Waals surface area contributed by atoms with Crippen LogP contribution in [-0.4, -0.2) is 4.98 Å². The van der Waals surface area contributed by atoms with Crippen molar-refractivity contribution in [2.24, 2.45) is 0 Å². The number of nitrogens with one attached hydrogen (secondary N) is 1. The van der Waals surface area contributed by atoms with Crippen LogP contribution in [0.4, 0.5) is 18.3 Å².